The number of hydrogen-bond acceptors (Lipinski definition) is 1. The Morgan fingerprint density at radius 3 is 2.44 bits per heavy atom. The summed E-state index contributed by atoms with van der Waals surface area (Å²) in [5.41, 5.74) is 6.37. The first kappa shape index (κ1) is 11.7. The third-order valence-electron chi connectivity index (χ3n) is 4.07. The van der Waals surface area contributed by atoms with Crippen LogP contribution >= 0.6 is 0 Å². The van der Waals surface area contributed by atoms with E-state index in [9.17, 15) is 0 Å². The molecule has 0 radical (unpaired) electrons. The fourth-order valence-corrected chi connectivity index (χ4v) is 3.00. The maximum Gasteiger partial charge on any atom is 0.191 e. The molecule has 1 heterocycles. The van der Waals surface area contributed by atoms with E-state index in [2.05, 4.69) is 18.7 Å². The van der Waals surface area contributed by atoms with E-state index in [1.54, 1.807) is 0 Å². The molecule has 2 N–H and O–H groups in total. The average Bonchev–Trinajstić information content (AvgIpc) is 2.59. The summed E-state index contributed by atoms with van der Waals surface area (Å²) < 4.78 is 0. The molecule has 0 amide bonds. The molecule has 0 aromatic heterocycles. The summed E-state index contributed by atoms with van der Waals surface area (Å²) in [5.74, 6) is 0.786. The molecular formula is C13H25N3. The lowest BCUT2D eigenvalue weighted by Crippen LogP contribution is -2.47. The van der Waals surface area contributed by atoms with Gasteiger partial charge in [-0.25, -0.2) is 4.99 Å². The standard InChI is InChI=1S/C13H25N3/c1-13(2)9-6-10-16(13)12(14)15-11-7-4-3-5-8-11/h11H,3-10H2,1-2H3,(H2,14,15). The van der Waals surface area contributed by atoms with E-state index in [-0.39, 0.29) is 5.54 Å². The molecule has 2 fully saturated rings. The number of aliphatic imine (C=N–C) groups is 1. The molecule has 3 heteroatoms. The van der Waals surface area contributed by atoms with Gasteiger partial charge in [-0.05, 0) is 39.5 Å². The Labute approximate surface area is 99.1 Å². The smallest absolute Gasteiger partial charge is 0.191 e. The predicted octanol–water partition coefficient (Wildman–Crippen LogP) is 2.51. The minimum atomic E-state index is 0.211. The quantitative estimate of drug-likeness (QED) is 0.548. The zero-order chi connectivity index (χ0) is 11.6. The summed E-state index contributed by atoms with van der Waals surface area (Å²) in [6.07, 6.45) is 8.96. The topological polar surface area (TPSA) is 41.6 Å². The fourth-order valence-electron chi connectivity index (χ4n) is 3.00. The van der Waals surface area contributed by atoms with E-state index in [1.807, 2.05) is 0 Å². The predicted molar refractivity (Wildman–Crippen MR) is 68.5 cm³/mol. The molecule has 1 saturated carbocycles. The summed E-state index contributed by atoms with van der Waals surface area (Å²) in [5, 5.41) is 0. The van der Waals surface area contributed by atoms with E-state index in [0.29, 0.717) is 6.04 Å². The maximum atomic E-state index is 6.16. The van der Waals surface area contributed by atoms with Crippen molar-refractivity contribution in [2.75, 3.05) is 6.54 Å². The minimum Gasteiger partial charge on any atom is -0.370 e. The third-order valence-corrected chi connectivity index (χ3v) is 4.07. The SMILES string of the molecule is CC1(C)CCCN1C(N)=NC1CCCCC1. The van der Waals surface area contributed by atoms with E-state index < -0.39 is 0 Å². The first-order valence-corrected chi connectivity index (χ1v) is 6.70. The summed E-state index contributed by atoms with van der Waals surface area (Å²) >= 11 is 0. The molecule has 92 valence electrons. The van der Waals surface area contributed by atoms with Crippen molar-refractivity contribution >= 4 is 5.96 Å². The number of hydrogen-bond donors (Lipinski definition) is 1. The largest absolute Gasteiger partial charge is 0.370 e. The van der Waals surface area contributed by atoms with Crippen LogP contribution in [0, 0.1) is 0 Å². The van der Waals surface area contributed by atoms with Crippen molar-refractivity contribution in [3.63, 3.8) is 0 Å². The average molecular weight is 223 g/mol. The Balaban J connectivity index is 2.00. The van der Waals surface area contributed by atoms with Gasteiger partial charge in [0.1, 0.15) is 0 Å². The Hall–Kier alpha value is -0.730. The molecule has 1 saturated heterocycles. The molecule has 0 spiro atoms. The van der Waals surface area contributed by atoms with Crippen molar-refractivity contribution in [1.82, 2.24) is 4.90 Å². The summed E-state index contributed by atoms with van der Waals surface area (Å²) in [6.45, 7) is 5.61. The van der Waals surface area contributed by atoms with E-state index >= 15 is 0 Å². The van der Waals surface area contributed by atoms with Gasteiger partial charge in [-0.2, -0.15) is 0 Å². The second-order valence-electron chi connectivity index (χ2n) is 5.85. The van der Waals surface area contributed by atoms with Gasteiger partial charge < -0.3 is 10.6 Å². The van der Waals surface area contributed by atoms with Crippen LogP contribution in [0.15, 0.2) is 4.99 Å². The van der Waals surface area contributed by atoms with Gasteiger partial charge in [0.15, 0.2) is 5.96 Å². The Morgan fingerprint density at radius 1 is 1.19 bits per heavy atom. The monoisotopic (exact) mass is 223 g/mol. The molecule has 0 atom stereocenters. The van der Waals surface area contributed by atoms with Gasteiger partial charge in [0.25, 0.3) is 0 Å². The zero-order valence-corrected chi connectivity index (χ0v) is 10.7. The van der Waals surface area contributed by atoms with Crippen LogP contribution in [0.5, 0.6) is 0 Å². The lowest BCUT2D eigenvalue weighted by atomic mass is 9.96. The fraction of sp³-hybridized carbons (Fsp3) is 0.923. The van der Waals surface area contributed by atoms with Crippen LogP contribution in [0.1, 0.15) is 58.8 Å². The first-order valence-electron chi connectivity index (χ1n) is 6.70. The van der Waals surface area contributed by atoms with Gasteiger partial charge in [-0.3, -0.25) is 0 Å². The van der Waals surface area contributed by atoms with Crippen molar-refractivity contribution in [2.45, 2.75) is 70.4 Å². The van der Waals surface area contributed by atoms with E-state index in [1.165, 1.54) is 44.9 Å². The molecule has 0 aromatic carbocycles. The van der Waals surface area contributed by atoms with Gasteiger partial charge >= 0.3 is 0 Å². The van der Waals surface area contributed by atoms with Gasteiger partial charge in [0, 0.05) is 12.1 Å². The molecule has 3 nitrogen and oxygen atoms in total. The number of nitrogens with zero attached hydrogens (tertiary/aromatic N) is 2. The van der Waals surface area contributed by atoms with Crippen LogP contribution in [0.3, 0.4) is 0 Å². The van der Waals surface area contributed by atoms with Crippen LogP contribution in [0.25, 0.3) is 0 Å². The molecule has 16 heavy (non-hydrogen) atoms. The van der Waals surface area contributed by atoms with Gasteiger partial charge in [-0.1, -0.05) is 19.3 Å². The second-order valence-corrected chi connectivity index (χ2v) is 5.85. The molecule has 0 aromatic rings. The summed E-state index contributed by atoms with van der Waals surface area (Å²) in [7, 11) is 0. The lowest BCUT2D eigenvalue weighted by Gasteiger charge is -2.33. The van der Waals surface area contributed by atoms with Crippen molar-refractivity contribution in [1.29, 1.82) is 0 Å². The van der Waals surface area contributed by atoms with Crippen molar-refractivity contribution in [3.8, 4) is 0 Å². The first-order chi connectivity index (χ1) is 7.59. The molecule has 1 aliphatic heterocycles. The van der Waals surface area contributed by atoms with E-state index in [4.69, 9.17) is 10.7 Å². The van der Waals surface area contributed by atoms with Gasteiger partial charge in [0.2, 0.25) is 0 Å². The van der Waals surface area contributed by atoms with Gasteiger partial charge in [0.05, 0.1) is 6.04 Å². The third kappa shape index (κ3) is 2.50. The Kier molecular flexibility index (Phi) is 3.41. The molecule has 2 rings (SSSR count). The molecule has 0 bridgehead atoms. The van der Waals surface area contributed by atoms with Crippen molar-refractivity contribution < 1.29 is 0 Å². The number of rotatable bonds is 1. The van der Waals surface area contributed by atoms with Crippen LogP contribution in [0.2, 0.25) is 0 Å². The van der Waals surface area contributed by atoms with Crippen LogP contribution in [-0.2, 0) is 0 Å². The Morgan fingerprint density at radius 2 is 1.88 bits per heavy atom. The normalized spacial score (nSPS) is 27.4. The zero-order valence-electron chi connectivity index (χ0n) is 10.7. The van der Waals surface area contributed by atoms with Crippen LogP contribution in [-0.4, -0.2) is 29.0 Å². The highest BCUT2D eigenvalue weighted by molar-refractivity contribution is 5.79. The number of guanidine groups is 1. The van der Waals surface area contributed by atoms with Crippen molar-refractivity contribution in [2.24, 2.45) is 10.7 Å². The van der Waals surface area contributed by atoms with Crippen molar-refractivity contribution in [3.05, 3.63) is 0 Å². The highest BCUT2D eigenvalue weighted by atomic mass is 15.3. The highest BCUT2D eigenvalue weighted by Crippen LogP contribution is 2.28. The summed E-state index contributed by atoms with van der Waals surface area (Å²) in [6, 6.07) is 0.491. The molecular weight excluding hydrogens is 198 g/mol. The Bertz CT molecular complexity index is 264. The highest BCUT2D eigenvalue weighted by Gasteiger charge is 2.33. The minimum absolute atomic E-state index is 0.211. The molecule has 0 unspecified atom stereocenters. The van der Waals surface area contributed by atoms with Crippen LogP contribution in [0.4, 0.5) is 0 Å². The summed E-state index contributed by atoms with van der Waals surface area (Å²) in [4.78, 5) is 7.03. The van der Waals surface area contributed by atoms with Gasteiger partial charge in [-0.15, -0.1) is 0 Å². The number of likely N-dealkylation sites (tertiary alicyclic amines) is 1. The lowest BCUT2D eigenvalue weighted by molar-refractivity contribution is 0.276. The van der Waals surface area contributed by atoms with Crippen LogP contribution < -0.4 is 5.73 Å². The van der Waals surface area contributed by atoms with E-state index in [0.717, 1.165) is 12.5 Å². The number of nitrogens with two attached hydrogens (primary N) is 1. The maximum absolute atomic E-state index is 6.16. The second kappa shape index (κ2) is 4.64. The molecule has 1 aliphatic carbocycles. The molecule has 2 aliphatic rings.